The van der Waals surface area contributed by atoms with Crippen molar-refractivity contribution < 1.29 is 22.4 Å². The van der Waals surface area contributed by atoms with Crippen LogP contribution in [0.2, 0.25) is 0 Å². The summed E-state index contributed by atoms with van der Waals surface area (Å²) in [4.78, 5) is 23.5. The van der Waals surface area contributed by atoms with Gasteiger partial charge in [-0.2, -0.15) is 13.2 Å². The van der Waals surface area contributed by atoms with Crippen molar-refractivity contribution in [1.29, 1.82) is 0 Å². The molecule has 0 aliphatic heterocycles. The average molecular weight is 362 g/mol. The third-order valence-corrected chi connectivity index (χ3v) is 3.69. The van der Waals surface area contributed by atoms with Crippen LogP contribution < -0.4 is 16.3 Å². The van der Waals surface area contributed by atoms with E-state index in [0.29, 0.717) is 10.9 Å². The van der Waals surface area contributed by atoms with E-state index in [1.165, 1.54) is 24.3 Å². The second-order valence-electron chi connectivity index (χ2n) is 5.58. The predicted molar refractivity (Wildman–Crippen MR) is 91.3 cm³/mol. The first kappa shape index (κ1) is 17.5. The molecule has 0 spiro atoms. The Morgan fingerprint density at radius 2 is 1.77 bits per heavy atom. The van der Waals surface area contributed by atoms with E-state index in [-0.39, 0.29) is 17.0 Å². The van der Waals surface area contributed by atoms with Gasteiger partial charge in [-0.05, 0) is 36.8 Å². The van der Waals surface area contributed by atoms with Gasteiger partial charge >= 0.3 is 17.8 Å². The molecule has 0 fully saturated rings. The van der Waals surface area contributed by atoms with Crippen molar-refractivity contribution >= 4 is 28.4 Å². The number of hydrogen-bond acceptors (Lipinski definition) is 3. The molecule has 0 aliphatic rings. The number of carbonyl (C=O) groups excluding carboxylic acids is 1. The summed E-state index contributed by atoms with van der Waals surface area (Å²) in [6.45, 7) is 1.74. The second-order valence-corrected chi connectivity index (χ2v) is 5.58. The minimum absolute atomic E-state index is 0.267. The quantitative estimate of drug-likeness (QED) is 0.646. The third kappa shape index (κ3) is 3.69. The highest BCUT2D eigenvalue weighted by atomic mass is 19.4. The molecule has 1 aromatic heterocycles. The van der Waals surface area contributed by atoms with Gasteiger partial charge in [0.15, 0.2) is 0 Å². The van der Waals surface area contributed by atoms with Crippen molar-refractivity contribution in [1.82, 2.24) is 0 Å². The first-order valence-corrected chi connectivity index (χ1v) is 7.53. The van der Waals surface area contributed by atoms with E-state index < -0.39 is 23.4 Å². The van der Waals surface area contributed by atoms with Gasteiger partial charge < -0.3 is 15.1 Å². The molecule has 0 bridgehead atoms. The molecule has 0 saturated heterocycles. The van der Waals surface area contributed by atoms with Gasteiger partial charge in [-0.25, -0.2) is 9.59 Å². The molecule has 2 aromatic carbocycles. The lowest BCUT2D eigenvalue weighted by molar-refractivity contribution is -0.136. The molecule has 134 valence electrons. The number of hydrogen-bond donors (Lipinski definition) is 2. The number of fused-ring (bicyclic) bond motifs is 1. The lowest BCUT2D eigenvalue weighted by atomic mass is 10.1. The Morgan fingerprint density at radius 3 is 2.50 bits per heavy atom. The summed E-state index contributed by atoms with van der Waals surface area (Å²) in [5.41, 5.74) is -0.588. The maximum atomic E-state index is 13.0. The van der Waals surface area contributed by atoms with E-state index >= 15 is 0 Å². The number of rotatable bonds is 2. The highest BCUT2D eigenvalue weighted by Gasteiger charge is 2.33. The zero-order chi connectivity index (χ0) is 18.9. The number of anilines is 2. The fraction of sp³-hybridized carbons (Fsp3) is 0.111. The summed E-state index contributed by atoms with van der Waals surface area (Å²) in [6, 6.07) is 9.79. The SMILES string of the molecule is Cc1cc(=O)oc2cc(NC(=O)Nc3ccccc3C(F)(F)F)ccc12. The minimum Gasteiger partial charge on any atom is -0.423 e. The number of halogens is 3. The maximum absolute atomic E-state index is 13.0. The Morgan fingerprint density at radius 1 is 1.04 bits per heavy atom. The largest absolute Gasteiger partial charge is 0.423 e. The van der Waals surface area contributed by atoms with E-state index in [1.54, 1.807) is 19.1 Å². The van der Waals surface area contributed by atoms with Crippen LogP contribution >= 0.6 is 0 Å². The molecule has 2 N–H and O–H groups in total. The molecule has 2 amide bonds. The lowest BCUT2D eigenvalue weighted by Gasteiger charge is -2.14. The van der Waals surface area contributed by atoms with Crippen LogP contribution in [-0.4, -0.2) is 6.03 Å². The maximum Gasteiger partial charge on any atom is 0.418 e. The molecule has 0 radical (unpaired) electrons. The Balaban J connectivity index is 1.83. The van der Waals surface area contributed by atoms with Gasteiger partial charge in [0.2, 0.25) is 0 Å². The smallest absolute Gasteiger partial charge is 0.418 e. The van der Waals surface area contributed by atoms with Gasteiger partial charge in [0.05, 0.1) is 11.3 Å². The van der Waals surface area contributed by atoms with Crippen LogP contribution in [0.1, 0.15) is 11.1 Å². The minimum atomic E-state index is -4.59. The number of aryl methyl sites for hydroxylation is 1. The molecule has 26 heavy (non-hydrogen) atoms. The molecule has 0 saturated carbocycles. The fourth-order valence-electron chi connectivity index (χ4n) is 2.53. The van der Waals surface area contributed by atoms with Crippen LogP contribution in [-0.2, 0) is 6.18 Å². The average Bonchev–Trinajstić information content (AvgIpc) is 2.53. The van der Waals surface area contributed by atoms with Crippen molar-refractivity contribution in [2.45, 2.75) is 13.1 Å². The Labute approximate surface area is 145 Å². The van der Waals surface area contributed by atoms with Crippen LogP contribution in [0.25, 0.3) is 11.0 Å². The van der Waals surface area contributed by atoms with Gasteiger partial charge in [-0.15, -0.1) is 0 Å². The molecule has 8 heteroatoms. The predicted octanol–water partition coefficient (Wildman–Crippen LogP) is 4.76. The van der Waals surface area contributed by atoms with E-state index in [9.17, 15) is 22.8 Å². The standard InChI is InChI=1S/C18H13F3N2O3/c1-10-8-16(24)26-15-9-11(6-7-12(10)15)22-17(25)23-14-5-3-2-4-13(14)18(19,20)21/h2-9H,1H3,(H2,22,23,25). The summed E-state index contributed by atoms with van der Waals surface area (Å²) < 4.78 is 44.0. The molecule has 0 aliphatic carbocycles. The van der Waals surface area contributed by atoms with Crippen molar-refractivity contribution in [2.24, 2.45) is 0 Å². The van der Waals surface area contributed by atoms with Crippen molar-refractivity contribution in [2.75, 3.05) is 10.6 Å². The van der Waals surface area contributed by atoms with E-state index in [4.69, 9.17) is 4.42 Å². The van der Waals surface area contributed by atoms with Crippen LogP contribution in [0, 0.1) is 6.92 Å². The molecule has 3 rings (SSSR count). The summed E-state index contributed by atoms with van der Waals surface area (Å²) in [5, 5.41) is 5.29. The Hall–Kier alpha value is -3.29. The fourth-order valence-corrected chi connectivity index (χ4v) is 2.53. The lowest BCUT2D eigenvalue weighted by Crippen LogP contribution is -2.21. The monoisotopic (exact) mass is 362 g/mol. The van der Waals surface area contributed by atoms with E-state index in [2.05, 4.69) is 10.6 Å². The summed E-state index contributed by atoms with van der Waals surface area (Å²) >= 11 is 0. The number of urea groups is 1. The van der Waals surface area contributed by atoms with Crippen LogP contribution in [0.15, 0.2) is 57.7 Å². The van der Waals surface area contributed by atoms with E-state index in [0.717, 1.165) is 12.1 Å². The van der Waals surface area contributed by atoms with Crippen LogP contribution in [0.3, 0.4) is 0 Å². The number of benzene rings is 2. The normalized spacial score (nSPS) is 11.4. The third-order valence-electron chi connectivity index (χ3n) is 3.69. The molecular formula is C18H13F3N2O3. The molecule has 1 heterocycles. The summed E-state index contributed by atoms with van der Waals surface area (Å²) in [5.74, 6) is 0. The zero-order valence-corrected chi connectivity index (χ0v) is 13.5. The van der Waals surface area contributed by atoms with Crippen molar-refractivity contribution in [3.05, 3.63) is 70.1 Å². The van der Waals surface area contributed by atoms with Crippen molar-refractivity contribution in [3.8, 4) is 0 Å². The first-order chi connectivity index (χ1) is 12.2. The van der Waals surface area contributed by atoms with Crippen molar-refractivity contribution in [3.63, 3.8) is 0 Å². The number of amides is 2. The zero-order valence-electron chi connectivity index (χ0n) is 13.5. The Bertz CT molecular complexity index is 1040. The molecular weight excluding hydrogens is 349 g/mol. The van der Waals surface area contributed by atoms with Gasteiger partial charge in [0.25, 0.3) is 0 Å². The highest BCUT2D eigenvalue weighted by molar-refractivity contribution is 6.01. The summed E-state index contributed by atoms with van der Waals surface area (Å²) in [6.07, 6.45) is -4.59. The van der Waals surface area contributed by atoms with Crippen LogP contribution in [0.5, 0.6) is 0 Å². The number of para-hydroxylation sites is 1. The molecule has 0 unspecified atom stereocenters. The topological polar surface area (TPSA) is 71.3 Å². The van der Waals surface area contributed by atoms with Gasteiger partial charge in [-0.1, -0.05) is 12.1 Å². The summed E-state index contributed by atoms with van der Waals surface area (Å²) in [7, 11) is 0. The Kier molecular flexibility index (Phi) is 4.41. The molecule has 0 atom stereocenters. The van der Waals surface area contributed by atoms with Gasteiger partial charge in [0.1, 0.15) is 5.58 Å². The molecule has 3 aromatic rings. The number of nitrogens with one attached hydrogen (secondary N) is 2. The van der Waals surface area contributed by atoms with Crippen LogP contribution in [0.4, 0.5) is 29.3 Å². The second kappa shape index (κ2) is 6.55. The number of alkyl halides is 3. The van der Waals surface area contributed by atoms with Gasteiger partial charge in [0, 0.05) is 23.2 Å². The van der Waals surface area contributed by atoms with E-state index in [1.807, 2.05) is 0 Å². The van der Waals surface area contributed by atoms with Gasteiger partial charge in [-0.3, -0.25) is 0 Å². The molecule has 5 nitrogen and oxygen atoms in total. The first-order valence-electron chi connectivity index (χ1n) is 7.53. The highest BCUT2D eigenvalue weighted by Crippen LogP contribution is 2.34. The number of carbonyl (C=O) groups is 1.